The summed E-state index contributed by atoms with van der Waals surface area (Å²) in [6.45, 7) is 0. The SMILES string of the molecule is COc1ccc(N(C)C(=O)CCc2nc(-c3ccccc3F)no2)c(OC)c1. The van der Waals surface area contributed by atoms with Crippen LogP contribution in [0.1, 0.15) is 12.3 Å². The Morgan fingerprint density at radius 3 is 2.68 bits per heavy atom. The monoisotopic (exact) mass is 385 g/mol. The lowest BCUT2D eigenvalue weighted by atomic mass is 10.2. The molecule has 0 spiro atoms. The first-order valence-electron chi connectivity index (χ1n) is 8.59. The van der Waals surface area contributed by atoms with Gasteiger partial charge >= 0.3 is 0 Å². The third-order valence-corrected chi connectivity index (χ3v) is 4.26. The van der Waals surface area contributed by atoms with E-state index in [2.05, 4.69) is 10.1 Å². The van der Waals surface area contributed by atoms with Crippen LogP contribution in [0, 0.1) is 5.82 Å². The van der Waals surface area contributed by atoms with Gasteiger partial charge in [0.15, 0.2) is 0 Å². The van der Waals surface area contributed by atoms with Crippen molar-refractivity contribution in [1.82, 2.24) is 10.1 Å². The van der Waals surface area contributed by atoms with Gasteiger partial charge in [0.25, 0.3) is 0 Å². The number of amides is 1. The zero-order valence-electron chi connectivity index (χ0n) is 15.8. The Labute approximate surface area is 161 Å². The standard InChI is InChI=1S/C20H20FN3O4/c1-24(16-9-8-13(26-2)12-17(16)27-3)19(25)11-10-18-22-20(23-28-18)14-6-4-5-7-15(14)21/h4-9,12H,10-11H2,1-3H3. The van der Waals surface area contributed by atoms with Gasteiger partial charge in [-0.3, -0.25) is 4.79 Å². The molecule has 8 heteroatoms. The Morgan fingerprint density at radius 1 is 1.18 bits per heavy atom. The molecule has 0 saturated heterocycles. The number of hydrogen-bond acceptors (Lipinski definition) is 6. The summed E-state index contributed by atoms with van der Waals surface area (Å²) >= 11 is 0. The third kappa shape index (κ3) is 4.11. The molecule has 28 heavy (non-hydrogen) atoms. The van der Waals surface area contributed by atoms with Crippen LogP contribution in [0.2, 0.25) is 0 Å². The number of carbonyl (C=O) groups is 1. The highest BCUT2D eigenvalue weighted by atomic mass is 19.1. The first-order valence-corrected chi connectivity index (χ1v) is 8.59. The molecule has 3 aromatic rings. The molecule has 7 nitrogen and oxygen atoms in total. The molecule has 0 N–H and O–H groups in total. The fourth-order valence-electron chi connectivity index (χ4n) is 2.69. The number of halogens is 1. The van der Waals surface area contributed by atoms with E-state index in [1.807, 2.05) is 0 Å². The van der Waals surface area contributed by atoms with Crippen LogP contribution in [-0.2, 0) is 11.2 Å². The highest BCUT2D eigenvalue weighted by molar-refractivity contribution is 5.94. The number of aryl methyl sites for hydroxylation is 1. The number of hydrogen-bond donors (Lipinski definition) is 0. The molecule has 0 aliphatic rings. The van der Waals surface area contributed by atoms with Crippen molar-refractivity contribution in [2.45, 2.75) is 12.8 Å². The second-order valence-corrected chi connectivity index (χ2v) is 5.98. The van der Waals surface area contributed by atoms with Gasteiger partial charge in [-0.25, -0.2) is 4.39 Å². The molecule has 0 unspecified atom stereocenters. The zero-order chi connectivity index (χ0) is 20.1. The largest absolute Gasteiger partial charge is 0.497 e. The van der Waals surface area contributed by atoms with E-state index in [0.29, 0.717) is 17.2 Å². The molecule has 0 fully saturated rings. The molecule has 1 heterocycles. The van der Waals surface area contributed by atoms with Gasteiger partial charge in [0.05, 0.1) is 25.5 Å². The molecular formula is C20H20FN3O4. The fourth-order valence-corrected chi connectivity index (χ4v) is 2.69. The molecule has 0 atom stereocenters. The third-order valence-electron chi connectivity index (χ3n) is 4.26. The van der Waals surface area contributed by atoms with Crippen molar-refractivity contribution in [3.63, 3.8) is 0 Å². The highest BCUT2D eigenvalue weighted by Gasteiger charge is 2.18. The van der Waals surface area contributed by atoms with E-state index in [1.165, 1.54) is 18.1 Å². The minimum Gasteiger partial charge on any atom is -0.497 e. The van der Waals surface area contributed by atoms with E-state index in [9.17, 15) is 9.18 Å². The lowest BCUT2D eigenvalue weighted by Gasteiger charge is -2.20. The molecule has 0 aliphatic carbocycles. The lowest BCUT2D eigenvalue weighted by Crippen LogP contribution is -2.26. The Balaban J connectivity index is 1.67. The second kappa shape index (κ2) is 8.51. The van der Waals surface area contributed by atoms with E-state index in [-0.39, 0.29) is 36.0 Å². The molecule has 0 bridgehead atoms. The van der Waals surface area contributed by atoms with Crippen LogP contribution in [-0.4, -0.2) is 37.3 Å². The summed E-state index contributed by atoms with van der Waals surface area (Å²) in [6, 6.07) is 11.4. The van der Waals surface area contributed by atoms with Crippen LogP contribution in [0.3, 0.4) is 0 Å². The Morgan fingerprint density at radius 2 is 1.96 bits per heavy atom. The van der Waals surface area contributed by atoms with Gasteiger partial charge in [0.2, 0.25) is 17.6 Å². The normalized spacial score (nSPS) is 10.6. The first-order chi connectivity index (χ1) is 13.5. The predicted molar refractivity (Wildman–Crippen MR) is 101 cm³/mol. The smallest absolute Gasteiger partial charge is 0.227 e. The lowest BCUT2D eigenvalue weighted by molar-refractivity contribution is -0.118. The first kappa shape index (κ1) is 19.3. The van der Waals surface area contributed by atoms with Crippen LogP contribution in [0.15, 0.2) is 47.0 Å². The number of nitrogens with zero attached hydrogens (tertiary/aromatic N) is 3. The quantitative estimate of drug-likeness (QED) is 0.620. The van der Waals surface area contributed by atoms with E-state index >= 15 is 0 Å². The van der Waals surface area contributed by atoms with Gasteiger partial charge in [-0.2, -0.15) is 4.98 Å². The Hall–Kier alpha value is -3.42. The summed E-state index contributed by atoms with van der Waals surface area (Å²) in [4.78, 5) is 18.2. The fraction of sp³-hybridized carbons (Fsp3) is 0.250. The van der Waals surface area contributed by atoms with Crippen molar-refractivity contribution in [3.05, 3.63) is 54.2 Å². The number of rotatable bonds is 7. The molecular weight excluding hydrogens is 365 g/mol. The van der Waals surface area contributed by atoms with Crippen molar-refractivity contribution in [1.29, 1.82) is 0 Å². The number of carbonyl (C=O) groups excluding carboxylic acids is 1. The number of aromatic nitrogens is 2. The molecule has 1 aromatic heterocycles. The summed E-state index contributed by atoms with van der Waals surface area (Å²) in [6.07, 6.45) is 0.383. The molecule has 2 aromatic carbocycles. The molecule has 1 amide bonds. The van der Waals surface area contributed by atoms with Gasteiger partial charge < -0.3 is 18.9 Å². The second-order valence-electron chi connectivity index (χ2n) is 5.98. The molecule has 3 rings (SSSR count). The van der Waals surface area contributed by atoms with Crippen LogP contribution in [0.4, 0.5) is 10.1 Å². The van der Waals surface area contributed by atoms with Crippen LogP contribution < -0.4 is 14.4 Å². The van der Waals surface area contributed by atoms with Crippen molar-refractivity contribution in [2.24, 2.45) is 0 Å². The number of benzene rings is 2. The minimum atomic E-state index is -0.433. The summed E-state index contributed by atoms with van der Waals surface area (Å²) in [5, 5.41) is 3.79. The molecule has 146 valence electrons. The average Bonchev–Trinajstić information content (AvgIpc) is 3.20. The summed E-state index contributed by atoms with van der Waals surface area (Å²) < 4.78 is 29.5. The molecule has 0 aliphatic heterocycles. The molecule has 0 radical (unpaired) electrons. The van der Waals surface area contributed by atoms with E-state index in [4.69, 9.17) is 14.0 Å². The van der Waals surface area contributed by atoms with Gasteiger partial charge in [0.1, 0.15) is 17.3 Å². The summed E-state index contributed by atoms with van der Waals surface area (Å²) in [7, 11) is 4.74. The van der Waals surface area contributed by atoms with Gasteiger partial charge in [-0.15, -0.1) is 0 Å². The van der Waals surface area contributed by atoms with E-state index in [1.54, 1.807) is 50.6 Å². The Bertz CT molecular complexity index is 974. The van der Waals surface area contributed by atoms with Crippen LogP contribution in [0.25, 0.3) is 11.4 Å². The molecule has 0 saturated carbocycles. The minimum absolute atomic E-state index is 0.143. The summed E-state index contributed by atoms with van der Waals surface area (Å²) in [5.74, 6) is 0.988. The van der Waals surface area contributed by atoms with Crippen molar-refractivity contribution in [2.75, 3.05) is 26.2 Å². The van der Waals surface area contributed by atoms with Crippen molar-refractivity contribution >= 4 is 11.6 Å². The van der Waals surface area contributed by atoms with Crippen molar-refractivity contribution in [3.8, 4) is 22.9 Å². The maximum atomic E-state index is 13.8. The number of ether oxygens (including phenoxy) is 2. The van der Waals surface area contributed by atoms with Gasteiger partial charge in [-0.05, 0) is 24.3 Å². The topological polar surface area (TPSA) is 77.7 Å². The maximum Gasteiger partial charge on any atom is 0.227 e. The predicted octanol–water partition coefficient (Wildman–Crippen LogP) is 3.49. The number of methoxy groups -OCH3 is 2. The maximum absolute atomic E-state index is 13.8. The van der Waals surface area contributed by atoms with Gasteiger partial charge in [-0.1, -0.05) is 17.3 Å². The zero-order valence-corrected chi connectivity index (χ0v) is 15.8. The van der Waals surface area contributed by atoms with E-state index < -0.39 is 5.82 Å². The highest BCUT2D eigenvalue weighted by Crippen LogP contribution is 2.32. The average molecular weight is 385 g/mol. The van der Waals surface area contributed by atoms with Crippen molar-refractivity contribution < 1.29 is 23.2 Å². The Kier molecular flexibility index (Phi) is 5.88. The summed E-state index contributed by atoms with van der Waals surface area (Å²) in [5.41, 5.74) is 0.870. The number of anilines is 1. The van der Waals surface area contributed by atoms with Crippen LogP contribution in [0.5, 0.6) is 11.5 Å². The van der Waals surface area contributed by atoms with E-state index in [0.717, 1.165) is 0 Å². The van der Waals surface area contributed by atoms with Gasteiger partial charge in [0, 0.05) is 26.0 Å². The van der Waals surface area contributed by atoms with Crippen LogP contribution >= 0.6 is 0 Å².